The number of fused-ring (bicyclic) bond motifs is 1. The molecular weight excluding hydrogens is 372 g/mol. The normalized spacial score (nSPS) is 17.7. The third-order valence-corrected chi connectivity index (χ3v) is 5.25. The number of carbonyl (C=O) groups excluding carboxylic acids is 2. The van der Waals surface area contributed by atoms with Crippen molar-refractivity contribution in [2.45, 2.75) is 38.4 Å². The number of nitrogens with one attached hydrogen (secondary N) is 2. The summed E-state index contributed by atoms with van der Waals surface area (Å²) in [5.74, 6) is -0.237. The number of halogens is 1. The fraction of sp³-hybridized carbons (Fsp3) is 0.389. The van der Waals surface area contributed by atoms with Gasteiger partial charge in [0, 0.05) is 16.8 Å². The Kier molecular flexibility index (Phi) is 7.14. The van der Waals surface area contributed by atoms with Crippen molar-refractivity contribution in [1.29, 1.82) is 0 Å². The number of benzene rings is 1. The van der Waals surface area contributed by atoms with E-state index in [0.29, 0.717) is 13.0 Å². The average Bonchev–Trinajstić information content (AvgIpc) is 3.11. The van der Waals surface area contributed by atoms with Crippen LogP contribution in [0.4, 0.5) is 5.69 Å². The molecule has 3 rings (SSSR count). The van der Waals surface area contributed by atoms with E-state index in [9.17, 15) is 9.59 Å². The zero-order chi connectivity index (χ0) is 17.8. The Morgan fingerprint density at radius 2 is 2.19 bits per heavy atom. The molecule has 1 aliphatic rings. The number of aromatic nitrogens is 1. The number of likely N-dealkylation sites (N-methyl/N-ethyl adjacent to an activating group) is 1. The minimum atomic E-state index is -0.524. The fourth-order valence-electron chi connectivity index (χ4n) is 2.92. The van der Waals surface area contributed by atoms with E-state index in [2.05, 4.69) is 15.6 Å². The first-order valence-corrected chi connectivity index (χ1v) is 9.22. The van der Waals surface area contributed by atoms with Gasteiger partial charge in [-0.2, -0.15) is 0 Å². The Morgan fingerprint density at radius 3 is 2.88 bits per heavy atom. The molecule has 8 heteroatoms. The quantitative estimate of drug-likeness (QED) is 0.814. The fourth-order valence-corrected chi connectivity index (χ4v) is 3.50. The van der Waals surface area contributed by atoms with Crippen LogP contribution in [0.2, 0.25) is 0 Å². The molecule has 0 spiro atoms. The van der Waals surface area contributed by atoms with Crippen molar-refractivity contribution in [2.75, 3.05) is 11.9 Å². The largest absolute Gasteiger partial charge is 0.343 e. The van der Waals surface area contributed by atoms with Crippen molar-refractivity contribution in [3.8, 4) is 0 Å². The third kappa shape index (κ3) is 4.41. The van der Waals surface area contributed by atoms with Crippen molar-refractivity contribution in [3.05, 3.63) is 46.4 Å². The highest BCUT2D eigenvalue weighted by atomic mass is 35.5. The summed E-state index contributed by atoms with van der Waals surface area (Å²) in [4.78, 5) is 32.3. The molecule has 0 aliphatic carbocycles. The monoisotopic (exact) mass is 394 g/mol. The second-order valence-electron chi connectivity index (χ2n) is 6.13. The first kappa shape index (κ1) is 20.4. The lowest BCUT2D eigenvalue weighted by Crippen LogP contribution is -2.51. The van der Waals surface area contributed by atoms with Crippen LogP contribution in [0.5, 0.6) is 0 Å². The maximum atomic E-state index is 13.2. The zero-order valence-electron chi connectivity index (χ0n) is 14.8. The van der Waals surface area contributed by atoms with Gasteiger partial charge in [0.1, 0.15) is 6.04 Å². The van der Waals surface area contributed by atoms with Crippen molar-refractivity contribution >= 4 is 41.2 Å². The summed E-state index contributed by atoms with van der Waals surface area (Å²) >= 11 is 1.52. The molecule has 0 saturated heterocycles. The SMILES string of the molecule is CN[C@@H](C)C(=O)N[C@H]1CCc2ccccc2N(Cc2cncs2)C1=O.Cl. The molecule has 1 aliphatic heterocycles. The predicted molar refractivity (Wildman–Crippen MR) is 106 cm³/mol. The van der Waals surface area contributed by atoms with Crippen LogP contribution in [0, 0.1) is 0 Å². The zero-order valence-corrected chi connectivity index (χ0v) is 16.4. The van der Waals surface area contributed by atoms with Crippen molar-refractivity contribution in [1.82, 2.24) is 15.6 Å². The van der Waals surface area contributed by atoms with Crippen molar-refractivity contribution in [2.24, 2.45) is 0 Å². The molecule has 2 atom stereocenters. The van der Waals surface area contributed by atoms with Crippen LogP contribution in [0.3, 0.4) is 0 Å². The summed E-state index contributed by atoms with van der Waals surface area (Å²) in [7, 11) is 1.73. The summed E-state index contributed by atoms with van der Waals surface area (Å²) in [5, 5.41) is 5.80. The lowest BCUT2D eigenvalue weighted by molar-refractivity contribution is -0.128. The molecule has 1 aromatic carbocycles. The van der Waals surface area contributed by atoms with Gasteiger partial charge in [0.25, 0.3) is 0 Å². The van der Waals surface area contributed by atoms with Crippen LogP contribution in [0.25, 0.3) is 0 Å². The summed E-state index contributed by atoms with van der Waals surface area (Å²) < 4.78 is 0. The molecule has 2 amide bonds. The van der Waals surface area contributed by atoms with Crippen LogP contribution < -0.4 is 15.5 Å². The topological polar surface area (TPSA) is 74.3 Å². The van der Waals surface area contributed by atoms with Gasteiger partial charge in [0.05, 0.1) is 18.1 Å². The van der Waals surface area contributed by atoms with Gasteiger partial charge in [-0.15, -0.1) is 23.7 Å². The van der Waals surface area contributed by atoms with Gasteiger partial charge in [-0.1, -0.05) is 18.2 Å². The Hall–Kier alpha value is -1.96. The molecule has 6 nitrogen and oxygen atoms in total. The highest BCUT2D eigenvalue weighted by molar-refractivity contribution is 7.09. The predicted octanol–water partition coefficient (Wildman–Crippen LogP) is 2.14. The van der Waals surface area contributed by atoms with Crippen LogP contribution in [0.1, 0.15) is 23.8 Å². The average molecular weight is 395 g/mol. The van der Waals surface area contributed by atoms with Gasteiger partial charge in [0.15, 0.2) is 0 Å². The van der Waals surface area contributed by atoms with Gasteiger partial charge in [-0.25, -0.2) is 0 Å². The molecular formula is C18H23ClN4O2S. The Balaban J connectivity index is 0.00000243. The van der Waals surface area contributed by atoms with Gasteiger partial charge < -0.3 is 15.5 Å². The number of hydrogen-bond acceptors (Lipinski definition) is 5. The minimum Gasteiger partial charge on any atom is -0.343 e. The molecule has 0 bridgehead atoms. The van der Waals surface area contributed by atoms with Gasteiger partial charge in [-0.05, 0) is 38.4 Å². The number of aryl methyl sites for hydroxylation is 1. The third-order valence-electron chi connectivity index (χ3n) is 4.49. The number of anilines is 1. The molecule has 26 heavy (non-hydrogen) atoms. The van der Waals surface area contributed by atoms with E-state index < -0.39 is 6.04 Å². The first-order valence-electron chi connectivity index (χ1n) is 8.34. The molecule has 2 N–H and O–H groups in total. The van der Waals surface area contributed by atoms with E-state index in [1.807, 2.05) is 24.3 Å². The number of nitrogens with zero attached hydrogens (tertiary/aromatic N) is 2. The van der Waals surface area contributed by atoms with Crippen LogP contribution >= 0.6 is 23.7 Å². The van der Waals surface area contributed by atoms with Crippen molar-refractivity contribution < 1.29 is 9.59 Å². The van der Waals surface area contributed by atoms with E-state index in [-0.39, 0.29) is 30.3 Å². The van der Waals surface area contributed by atoms with Crippen LogP contribution in [-0.4, -0.2) is 35.9 Å². The Morgan fingerprint density at radius 1 is 1.42 bits per heavy atom. The molecule has 0 saturated carbocycles. The van der Waals surface area contributed by atoms with E-state index >= 15 is 0 Å². The maximum Gasteiger partial charge on any atom is 0.249 e. The summed E-state index contributed by atoms with van der Waals surface area (Å²) in [6.45, 7) is 2.24. The second-order valence-corrected chi connectivity index (χ2v) is 7.10. The minimum absolute atomic E-state index is 0. The molecule has 1 aromatic heterocycles. The molecule has 0 unspecified atom stereocenters. The van der Waals surface area contributed by atoms with Crippen LogP contribution in [-0.2, 0) is 22.6 Å². The first-order chi connectivity index (χ1) is 12.1. The lowest BCUT2D eigenvalue weighted by atomic mass is 10.1. The highest BCUT2D eigenvalue weighted by Gasteiger charge is 2.32. The second kappa shape index (κ2) is 9.12. The molecule has 140 valence electrons. The van der Waals surface area contributed by atoms with E-state index in [1.165, 1.54) is 11.3 Å². The summed E-state index contributed by atoms with van der Waals surface area (Å²) in [5.41, 5.74) is 3.80. The van der Waals surface area contributed by atoms with Crippen molar-refractivity contribution in [3.63, 3.8) is 0 Å². The summed E-state index contributed by atoms with van der Waals surface area (Å²) in [6.07, 6.45) is 3.12. The smallest absolute Gasteiger partial charge is 0.249 e. The lowest BCUT2D eigenvalue weighted by Gasteiger charge is -2.26. The molecule has 0 radical (unpaired) electrons. The Labute approximate surface area is 163 Å². The molecule has 2 aromatic rings. The molecule has 2 heterocycles. The maximum absolute atomic E-state index is 13.2. The van der Waals surface area contributed by atoms with Gasteiger partial charge in [-0.3, -0.25) is 14.6 Å². The highest BCUT2D eigenvalue weighted by Crippen LogP contribution is 2.29. The standard InChI is InChI=1S/C18H22N4O2S.ClH/c1-12(19-2)17(23)21-15-8-7-13-5-3-4-6-16(13)22(18(15)24)10-14-9-20-11-25-14;/h3-6,9,11-12,15,19H,7-8,10H2,1-2H3,(H,21,23);1H/t12-,15-;/m0./s1. The van der Waals surface area contributed by atoms with Gasteiger partial charge in [0.2, 0.25) is 11.8 Å². The summed E-state index contributed by atoms with van der Waals surface area (Å²) in [6, 6.07) is 7.07. The van der Waals surface area contributed by atoms with Crippen LogP contribution in [0.15, 0.2) is 36.0 Å². The number of amides is 2. The number of carbonyl (C=O) groups is 2. The van der Waals surface area contributed by atoms with E-state index in [4.69, 9.17) is 0 Å². The Bertz CT molecular complexity index is 753. The van der Waals surface area contributed by atoms with E-state index in [0.717, 1.165) is 22.5 Å². The number of thiazole rings is 1. The van der Waals surface area contributed by atoms with E-state index in [1.54, 1.807) is 30.6 Å². The number of hydrogen-bond donors (Lipinski definition) is 2. The van der Waals surface area contributed by atoms with Gasteiger partial charge >= 0.3 is 0 Å². The number of para-hydroxylation sites is 1. The number of rotatable bonds is 5. The molecule has 0 fully saturated rings.